The summed E-state index contributed by atoms with van der Waals surface area (Å²) in [6.07, 6.45) is -3.23. The van der Waals surface area contributed by atoms with Gasteiger partial charge < -0.3 is 15.0 Å². The molecule has 0 radical (unpaired) electrons. The van der Waals surface area contributed by atoms with E-state index in [1.807, 2.05) is 0 Å². The number of aliphatic hydroxyl groups excluding tert-OH is 1. The van der Waals surface area contributed by atoms with Crippen molar-refractivity contribution in [2.45, 2.75) is 18.6 Å². The number of carbonyl (C=O) groups excluding carboxylic acids is 1. The highest BCUT2D eigenvalue weighted by Crippen LogP contribution is 2.32. The zero-order chi connectivity index (χ0) is 19.0. The number of hydrogen-bond donors (Lipinski definition) is 2. The van der Waals surface area contributed by atoms with Gasteiger partial charge in [-0.3, -0.25) is 9.36 Å². The molecule has 1 unspecified atom stereocenters. The van der Waals surface area contributed by atoms with Crippen LogP contribution in [0.1, 0.15) is 28.5 Å². The molecule has 136 valence electrons. The minimum Gasteiger partial charge on any atom is -0.394 e. The standard InChI is InChI=1S/C16H18F3N3O3/c1-15(9-23,10-5-4-6-11(7-10)16(17,18)19)20-13(24)12-8-21(2)14(25)22(12)3/h4-8,23H,9H2,1-3H3,(H,20,24). The summed E-state index contributed by atoms with van der Waals surface area (Å²) in [5.41, 5.74) is -2.64. The first kappa shape index (κ1) is 18.8. The van der Waals surface area contributed by atoms with E-state index in [0.717, 1.165) is 16.7 Å². The number of aliphatic hydroxyl groups is 1. The summed E-state index contributed by atoms with van der Waals surface area (Å²) >= 11 is 0. The first-order valence-corrected chi connectivity index (χ1v) is 7.33. The minimum atomic E-state index is -4.54. The fourth-order valence-corrected chi connectivity index (χ4v) is 2.43. The van der Waals surface area contributed by atoms with Gasteiger partial charge in [0, 0.05) is 20.3 Å². The summed E-state index contributed by atoms with van der Waals surface area (Å²) in [4.78, 5) is 24.2. The Bertz CT molecular complexity index is 854. The maximum Gasteiger partial charge on any atom is 0.416 e. The molecule has 1 heterocycles. The van der Waals surface area contributed by atoms with E-state index in [4.69, 9.17) is 0 Å². The van der Waals surface area contributed by atoms with Crippen LogP contribution in [0.2, 0.25) is 0 Å². The molecule has 0 aliphatic carbocycles. The van der Waals surface area contributed by atoms with E-state index < -0.39 is 35.5 Å². The maximum atomic E-state index is 12.9. The van der Waals surface area contributed by atoms with Crippen LogP contribution in [-0.2, 0) is 25.8 Å². The summed E-state index contributed by atoms with van der Waals surface area (Å²) in [6, 6.07) is 4.37. The van der Waals surface area contributed by atoms with Crippen LogP contribution in [0.4, 0.5) is 13.2 Å². The van der Waals surface area contributed by atoms with Crippen LogP contribution in [0.3, 0.4) is 0 Å². The average Bonchev–Trinajstić information content (AvgIpc) is 2.81. The molecule has 9 heteroatoms. The SMILES string of the molecule is Cn1cc(C(=O)NC(C)(CO)c2cccc(C(F)(F)F)c2)n(C)c1=O. The summed E-state index contributed by atoms with van der Waals surface area (Å²) in [5, 5.41) is 12.2. The lowest BCUT2D eigenvalue weighted by molar-refractivity contribution is -0.137. The van der Waals surface area contributed by atoms with Crippen molar-refractivity contribution < 1.29 is 23.1 Å². The fourth-order valence-electron chi connectivity index (χ4n) is 2.43. The number of halogens is 3. The number of nitrogens with zero attached hydrogens (tertiary/aromatic N) is 2. The molecule has 1 amide bonds. The van der Waals surface area contributed by atoms with E-state index in [1.54, 1.807) is 0 Å². The van der Waals surface area contributed by atoms with Crippen LogP contribution >= 0.6 is 0 Å². The Morgan fingerprint density at radius 3 is 2.32 bits per heavy atom. The van der Waals surface area contributed by atoms with Gasteiger partial charge in [-0.1, -0.05) is 12.1 Å². The van der Waals surface area contributed by atoms with Gasteiger partial charge in [-0.15, -0.1) is 0 Å². The largest absolute Gasteiger partial charge is 0.416 e. The van der Waals surface area contributed by atoms with E-state index in [9.17, 15) is 27.9 Å². The number of amides is 1. The Morgan fingerprint density at radius 1 is 1.24 bits per heavy atom. The second-order valence-electron chi connectivity index (χ2n) is 5.99. The molecule has 1 aromatic heterocycles. The first-order valence-electron chi connectivity index (χ1n) is 7.33. The predicted molar refractivity (Wildman–Crippen MR) is 84.0 cm³/mol. The van der Waals surface area contributed by atoms with Crippen LogP contribution in [-0.4, -0.2) is 26.8 Å². The lowest BCUT2D eigenvalue weighted by Crippen LogP contribution is -2.47. The summed E-state index contributed by atoms with van der Waals surface area (Å²) in [6.45, 7) is 0.780. The van der Waals surface area contributed by atoms with Crippen molar-refractivity contribution in [3.8, 4) is 0 Å². The molecule has 6 nitrogen and oxygen atoms in total. The maximum absolute atomic E-state index is 12.9. The van der Waals surface area contributed by atoms with Crippen LogP contribution in [0, 0.1) is 0 Å². The van der Waals surface area contributed by atoms with Crippen molar-refractivity contribution in [3.63, 3.8) is 0 Å². The Hall–Kier alpha value is -2.55. The predicted octanol–water partition coefficient (Wildman–Crippen LogP) is 1.38. The third-order valence-electron chi connectivity index (χ3n) is 4.03. The highest BCUT2D eigenvalue weighted by atomic mass is 19.4. The van der Waals surface area contributed by atoms with Gasteiger partial charge in [-0.05, 0) is 24.6 Å². The van der Waals surface area contributed by atoms with Gasteiger partial charge in [0.25, 0.3) is 5.91 Å². The molecule has 0 bridgehead atoms. The number of benzene rings is 1. The Kier molecular flexibility index (Phi) is 4.81. The van der Waals surface area contributed by atoms with E-state index in [1.165, 1.54) is 43.9 Å². The van der Waals surface area contributed by atoms with Crippen molar-refractivity contribution in [1.29, 1.82) is 0 Å². The molecule has 25 heavy (non-hydrogen) atoms. The zero-order valence-electron chi connectivity index (χ0n) is 13.9. The lowest BCUT2D eigenvalue weighted by Gasteiger charge is -2.30. The van der Waals surface area contributed by atoms with Crippen molar-refractivity contribution >= 4 is 5.91 Å². The van der Waals surface area contributed by atoms with Gasteiger partial charge in [0.1, 0.15) is 5.69 Å². The van der Waals surface area contributed by atoms with E-state index >= 15 is 0 Å². The quantitative estimate of drug-likeness (QED) is 0.868. The van der Waals surface area contributed by atoms with Gasteiger partial charge in [0.15, 0.2) is 0 Å². The Labute approximate surface area is 141 Å². The molecule has 0 spiro atoms. The highest BCUT2D eigenvalue weighted by molar-refractivity contribution is 5.93. The Morgan fingerprint density at radius 2 is 1.84 bits per heavy atom. The molecule has 0 saturated carbocycles. The highest BCUT2D eigenvalue weighted by Gasteiger charge is 2.34. The number of hydrogen-bond acceptors (Lipinski definition) is 3. The average molecular weight is 357 g/mol. The molecule has 0 fully saturated rings. The molecule has 0 aliphatic heterocycles. The van der Waals surface area contributed by atoms with E-state index in [2.05, 4.69) is 5.32 Å². The van der Waals surface area contributed by atoms with Gasteiger partial charge in [-0.25, -0.2) is 4.79 Å². The van der Waals surface area contributed by atoms with Crippen molar-refractivity contribution in [2.75, 3.05) is 6.61 Å². The third-order valence-corrected chi connectivity index (χ3v) is 4.03. The van der Waals surface area contributed by atoms with Crippen LogP contribution in [0.5, 0.6) is 0 Å². The second-order valence-corrected chi connectivity index (χ2v) is 5.99. The first-order chi connectivity index (χ1) is 11.5. The second kappa shape index (κ2) is 6.40. The zero-order valence-corrected chi connectivity index (χ0v) is 13.9. The summed E-state index contributed by atoms with van der Waals surface area (Å²) in [5.74, 6) is -0.686. The van der Waals surface area contributed by atoms with E-state index in [-0.39, 0.29) is 11.3 Å². The van der Waals surface area contributed by atoms with Crippen molar-refractivity contribution in [1.82, 2.24) is 14.5 Å². The molecule has 0 saturated heterocycles. The van der Waals surface area contributed by atoms with Crippen LogP contribution < -0.4 is 11.0 Å². The van der Waals surface area contributed by atoms with Crippen molar-refractivity contribution in [2.24, 2.45) is 14.1 Å². The summed E-state index contributed by atoms with van der Waals surface area (Å²) < 4.78 is 41.0. The Balaban J connectivity index is 2.39. The molecule has 1 atom stereocenters. The molecule has 2 rings (SSSR count). The summed E-state index contributed by atoms with van der Waals surface area (Å²) in [7, 11) is 2.87. The lowest BCUT2D eigenvalue weighted by atomic mass is 9.91. The number of nitrogens with one attached hydrogen (secondary N) is 1. The number of alkyl halides is 3. The topological polar surface area (TPSA) is 76.3 Å². The normalized spacial score (nSPS) is 14.2. The third kappa shape index (κ3) is 3.60. The van der Waals surface area contributed by atoms with Crippen molar-refractivity contribution in [3.05, 3.63) is 57.8 Å². The minimum absolute atomic E-state index is 0.0270. The molecule has 2 aromatic rings. The molecular formula is C16H18F3N3O3. The van der Waals surface area contributed by atoms with Crippen LogP contribution in [0.25, 0.3) is 0 Å². The molecule has 2 N–H and O–H groups in total. The number of carbonyl (C=O) groups is 1. The number of aromatic nitrogens is 2. The van der Waals surface area contributed by atoms with Gasteiger partial charge in [0.2, 0.25) is 0 Å². The van der Waals surface area contributed by atoms with E-state index in [0.29, 0.717) is 0 Å². The monoisotopic (exact) mass is 357 g/mol. The molecular weight excluding hydrogens is 339 g/mol. The fraction of sp³-hybridized carbons (Fsp3) is 0.375. The van der Waals surface area contributed by atoms with Gasteiger partial charge >= 0.3 is 11.9 Å². The number of rotatable bonds is 4. The number of aryl methyl sites for hydroxylation is 1. The number of imidazole rings is 1. The van der Waals surface area contributed by atoms with Gasteiger partial charge in [0.05, 0.1) is 17.7 Å². The molecule has 1 aromatic carbocycles. The van der Waals surface area contributed by atoms with Gasteiger partial charge in [-0.2, -0.15) is 13.2 Å². The smallest absolute Gasteiger partial charge is 0.394 e. The molecule has 0 aliphatic rings. The van der Waals surface area contributed by atoms with Crippen LogP contribution in [0.15, 0.2) is 35.3 Å².